The van der Waals surface area contributed by atoms with Crippen LogP contribution >= 0.6 is 11.8 Å². The first-order valence-electron chi connectivity index (χ1n) is 8.44. The van der Waals surface area contributed by atoms with Gasteiger partial charge in [-0.2, -0.15) is 13.2 Å². The van der Waals surface area contributed by atoms with Crippen LogP contribution in [0.5, 0.6) is 0 Å². The summed E-state index contributed by atoms with van der Waals surface area (Å²) in [6.45, 7) is 0. The van der Waals surface area contributed by atoms with Crippen LogP contribution in [0.1, 0.15) is 11.5 Å². The predicted octanol–water partition coefficient (Wildman–Crippen LogP) is 6.01. The molecule has 0 atom stereocenters. The molecule has 0 saturated heterocycles. The van der Waals surface area contributed by atoms with Crippen LogP contribution in [0.4, 0.5) is 24.5 Å². The van der Waals surface area contributed by atoms with Gasteiger partial charge in [-0.25, -0.2) is 4.98 Å². The van der Waals surface area contributed by atoms with Gasteiger partial charge in [-0.05, 0) is 42.5 Å². The quantitative estimate of drug-likeness (QED) is 0.403. The van der Waals surface area contributed by atoms with E-state index >= 15 is 0 Å². The number of halogens is 3. The summed E-state index contributed by atoms with van der Waals surface area (Å²) < 4.78 is 38.3. The van der Waals surface area contributed by atoms with Gasteiger partial charge < -0.3 is 10.3 Å². The lowest BCUT2D eigenvalue weighted by atomic mass is 10.2. The number of alkyl halides is 3. The van der Waals surface area contributed by atoms with Crippen molar-refractivity contribution in [3.8, 4) is 0 Å². The van der Waals surface area contributed by atoms with E-state index in [1.54, 1.807) is 6.07 Å². The number of imidazole rings is 1. The highest BCUT2D eigenvalue weighted by molar-refractivity contribution is 7.98. The zero-order valence-corrected chi connectivity index (χ0v) is 15.3. The lowest BCUT2D eigenvalue weighted by Crippen LogP contribution is -2.07. The third kappa shape index (κ3) is 4.28. The Morgan fingerprint density at radius 3 is 2.57 bits per heavy atom. The number of rotatable bonds is 5. The van der Waals surface area contributed by atoms with Crippen LogP contribution in [0.2, 0.25) is 0 Å². The molecule has 142 valence electrons. The highest BCUT2D eigenvalue weighted by Crippen LogP contribution is 2.31. The second-order valence-corrected chi connectivity index (χ2v) is 7.12. The summed E-state index contributed by atoms with van der Waals surface area (Å²) in [5, 5.41) is 3.32. The Kier molecular flexibility index (Phi) is 4.95. The molecule has 28 heavy (non-hydrogen) atoms. The SMILES string of the molecule is FC(F)(F)c1cc(SCc2nc3ccc(Nc4ccccc4)cc3[nH]2)ccn1. The van der Waals surface area contributed by atoms with Crippen LogP contribution in [-0.2, 0) is 11.9 Å². The summed E-state index contributed by atoms with van der Waals surface area (Å²) in [7, 11) is 0. The van der Waals surface area contributed by atoms with E-state index in [1.165, 1.54) is 18.0 Å². The molecule has 0 bridgehead atoms. The smallest absolute Gasteiger partial charge is 0.355 e. The maximum atomic E-state index is 12.8. The average Bonchev–Trinajstić information content (AvgIpc) is 3.09. The number of fused-ring (bicyclic) bond motifs is 1. The molecule has 0 amide bonds. The maximum Gasteiger partial charge on any atom is 0.433 e. The van der Waals surface area contributed by atoms with Gasteiger partial charge in [0.2, 0.25) is 0 Å². The predicted molar refractivity (Wildman–Crippen MR) is 105 cm³/mol. The first kappa shape index (κ1) is 18.4. The second kappa shape index (κ2) is 7.55. The van der Waals surface area contributed by atoms with Gasteiger partial charge in [0.05, 0.1) is 16.8 Å². The first-order valence-corrected chi connectivity index (χ1v) is 9.43. The largest absolute Gasteiger partial charge is 0.433 e. The molecular weight excluding hydrogens is 385 g/mol. The Morgan fingerprint density at radius 1 is 0.964 bits per heavy atom. The minimum absolute atomic E-state index is 0.428. The van der Waals surface area contributed by atoms with Crippen molar-refractivity contribution in [2.24, 2.45) is 0 Å². The van der Waals surface area contributed by atoms with Crippen LogP contribution < -0.4 is 5.32 Å². The maximum absolute atomic E-state index is 12.8. The van der Waals surface area contributed by atoms with E-state index in [2.05, 4.69) is 20.3 Å². The second-order valence-electron chi connectivity index (χ2n) is 6.07. The average molecular weight is 400 g/mol. The number of hydrogen-bond donors (Lipinski definition) is 2. The van der Waals surface area contributed by atoms with Gasteiger partial charge in [0.1, 0.15) is 11.5 Å². The molecule has 0 aliphatic rings. The molecule has 2 heterocycles. The van der Waals surface area contributed by atoms with Gasteiger partial charge in [-0.3, -0.25) is 4.98 Å². The summed E-state index contributed by atoms with van der Waals surface area (Å²) in [6, 6.07) is 18.2. The summed E-state index contributed by atoms with van der Waals surface area (Å²) in [6.07, 6.45) is -3.27. The van der Waals surface area contributed by atoms with Gasteiger partial charge in [0.25, 0.3) is 0 Å². The van der Waals surface area contributed by atoms with Gasteiger partial charge in [-0.1, -0.05) is 18.2 Å². The summed E-state index contributed by atoms with van der Waals surface area (Å²) in [5.41, 5.74) is 2.68. The molecule has 8 heteroatoms. The molecule has 0 spiro atoms. The first-order chi connectivity index (χ1) is 13.5. The number of anilines is 2. The van der Waals surface area contributed by atoms with E-state index < -0.39 is 11.9 Å². The third-order valence-electron chi connectivity index (χ3n) is 3.99. The Morgan fingerprint density at radius 2 is 1.79 bits per heavy atom. The molecule has 0 unspecified atom stereocenters. The third-order valence-corrected chi connectivity index (χ3v) is 5.00. The summed E-state index contributed by atoms with van der Waals surface area (Å²) in [4.78, 5) is 11.6. The number of H-pyrrole nitrogens is 1. The van der Waals surface area contributed by atoms with E-state index in [0.29, 0.717) is 16.5 Å². The van der Waals surface area contributed by atoms with E-state index in [-0.39, 0.29) is 0 Å². The lowest BCUT2D eigenvalue weighted by molar-refractivity contribution is -0.141. The topological polar surface area (TPSA) is 53.6 Å². The molecule has 0 fully saturated rings. The Hall–Kier alpha value is -3.00. The van der Waals surface area contributed by atoms with Crippen LogP contribution in [0.25, 0.3) is 11.0 Å². The molecule has 0 radical (unpaired) electrons. The molecule has 4 nitrogen and oxygen atoms in total. The molecule has 0 aliphatic carbocycles. The molecule has 2 aromatic carbocycles. The van der Waals surface area contributed by atoms with Crippen molar-refractivity contribution in [1.82, 2.24) is 15.0 Å². The molecule has 0 aliphatic heterocycles. The highest BCUT2D eigenvalue weighted by Gasteiger charge is 2.32. The number of nitrogens with zero attached hydrogens (tertiary/aromatic N) is 2. The number of thioether (sulfide) groups is 1. The Bertz CT molecular complexity index is 1090. The number of aromatic amines is 1. The van der Waals surface area contributed by atoms with Crippen molar-refractivity contribution in [2.75, 3.05) is 5.32 Å². The monoisotopic (exact) mass is 400 g/mol. The van der Waals surface area contributed by atoms with Gasteiger partial charge in [0.15, 0.2) is 0 Å². The number of aromatic nitrogens is 3. The minimum Gasteiger partial charge on any atom is -0.355 e. The van der Waals surface area contributed by atoms with E-state index in [0.717, 1.165) is 28.5 Å². The van der Waals surface area contributed by atoms with E-state index in [9.17, 15) is 13.2 Å². The normalized spacial score (nSPS) is 11.7. The van der Waals surface area contributed by atoms with Crippen LogP contribution in [-0.4, -0.2) is 15.0 Å². The molecule has 0 saturated carbocycles. The van der Waals surface area contributed by atoms with Gasteiger partial charge in [0, 0.05) is 22.5 Å². The van der Waals surface area contributed by atoms with Crippen LogP contribution in [0.15, 0.2) is 71.8 Å². The van der Waals surface area contributed by atoms with Crippen LogP contribution in [0, 0.1) is 0 Å². The minimum atomic E-state index is -4.45. The molecule has 2 aromatic heterocycles. The number of nitrogens with one attached hydrogen (secondary N) is 2. The standard InChI is InChI=1S/C20H15F3N4S/c21-20(22,23)18-11-15(8-9-24-18)28-12-19-26-16-7-6-14(10-17(16)27-19)25-13-4-2-1-3-5-13/h1-11,25H,12H2,(H,26,27). The Labute approximate surface area is 163 Å². The number of hydrogen-bond acceptors (Lipinski definition) is 4. The van der Waals surface area contributed by atoms with Crippen molar-refractivity contribution < 1.29 is 13.2 Å². The fourth-order valence-electron chi connectivity index (χ4n) is 2.70. The lowest BCUT2D eigenvalue weighted by Gasteiger charge is -2.06. The molecule has 4 rings (SSSR count). The van der Waals surface area contributed by atoms with Crippen molar-refractivity contribution in [3.05, 3.63) is 78.4 Å². The summed E-state index contributed by atoms with van der Waals surface area (Å²) >= 11 is 1.28. The van der Waals surface area contributed by atoms with Gasteiger partial charge >= 0.3 is 6.18 Å². The molecule has 4 aromatic rings. The summed E-state index contributed by atoms with van der Waals surface area (Å²) in [5.74, 6) is 1.12. The fraction of sp³-hybridized carbons (Fsp3) is 0.100. The number of benzene rings is 2. The molecular formula is C20H15F3N4S. The number of para-hydroxylation sites is 1. The highest BCUT2D eigenvalue weighted by atomic mass is 32.2. The van der Waals surface area contributed by atoms with Crippen molar-refractivity contribution in [1.29, 1.82) is 0 Å². The van der Waals surface area contributed by atoms with Crippen LogP contribution in [0.3, 0.4) is 0 Å². The van der Waals surface area contributed by atoms with E-state index in [4.69, 9.17) is 0 Å². The van der Waals surface area contributed by atoms with Gasteiger partial charge in [-0.15, -0.1) is 11.8 Å². The van der Waals surface area contributed by atoms with Crippen molar-refractivity contribution in [2.45, 2.75) is 16.8 Å². The molecule has 2 N–H and O–H groups in total. The van der Waals surface area contributed by atoms with Crippen molar-refractivity contribution >= 4 is 34.2 Å². The van der Waals surface area contributed by atoms with E-state index in [1.807, 2.05) is 48.5 Å². The number of pyridine rings is 1. The van der Waals surface area contributed by atoms with Crippen molar-refractivity contribution in [3.63, 3.8) is 0 Å². The Balaban J connectivity index is 1.48. The zero-order chi connectivity index (χ0) is 19.6. The fourth-order valence-corrected chi connectivity index (χ4v) is 3.50. The zero-order valence-electron chi connectivity index (χ0n) is 14.5.